The van der Waals surface area contributed by atoms with Crippen LogP contribution in [0.25, 0.3) is 0 Å². The smallest absolute Gasteiger partial charge is 0.293 e. The monoisotopic (exact) mass is 240 g/mol. The predicted octanol–water partition coefficient (Wildman–Crippen LogP) is 3.29. The number of ether oxygens (including phenoxy) is 1. The van der Waals surface area contributed by atoms with Gasteiger partial charge in [-0.15, -0.1) is 0 Å². The Kier molecular flexibility index (Phi) is 4.92. The molecule has 0 saturated heterocycles. The molecule has 0 bridgehead atoms. The van der Waals surface area contributed by atoms with Crippen LogP contribution < -0.4 is 0 Å². The lowest BCUT2D eigenvalue weighted by Crippen LogP contribution is -2.07. The first-order valence-electron chi connectivity index (χ1n) is 4.85. The Morgan fingerprint density at radius 3 is 3.00 bits per heavy atom. The van der Waals surface area contributed by atoms with Crippen LogP contribution >= 0.6 is 11.6 Å². The fourth-order valence-electron chi connectivity index (χ4n) is 1.06. The van der Waals surface area contributed by atoms with E-state index in [2.05, 4.69) is 15.0 Å². The Bertz CT molecular complexity index is 394. The van der Waals surface area contributed by atoms with Crippen LogP contribution in [0.15, 0.2) is 28.4 Å². The SMILES string of the molecule is Cc1ccc(Cl)cc1N=NC(C)COC=O. The second kappa shape index (κ2) is 6.23. The third kappa shape index (κ3) is 3.98. The quantitative estimate of drug-likeness (QED) is 0.586. The van der Waals surface area contributed by atoms with Crippen LogP contribution in [0.2, 0.25) is 5.02 Å². The Labute approximate surface area is 99.3 Å². The van der Waals surface area contributed by atoms with Gasteiger partial charge in [-0.05, 0) is 31.5 Å². The van der Waals surface area contributed by atoms with E-state index in [4.69, 9.17) is 11.6 Å². The zero-order valence-corrected chi connectivity index (χ0v) is 9.94. The fourth-order valence-corrected chi connectivity index (χ4v) is 1.23. The maximum atomic E-state index is 9.97. The number of aryl methyl sites for hydroxylation is 1. The summed E-state index contributed by atoms with van der Waals surface area (Å²) in [4.78, 5) is 9.97. The van der Waals surface area contributed by atoms with Crippen molar-refractivity contribution in [2.24, 2.45) is 10.2 Å². The highest BCUT2D eigenvalue weighted by atomic mass is 35.5. The standard InChI is InChI=1S/C11H13ClN2O2/c1-8-3-4-10(12)5-11(8)14-13-9(2)6-16-7-15/h3-5,7,9H,6H2,1-2H3. The molecule has 0 fully saturated rings. The summed E-state index contributed by atoms with van der Waals surface area (Å²) in [7, 11) is 0. The molecule has 0 N–H and O–H groups in total. The third-order valence-electron chi connectivity index (χ3n) is 1.94. The van der Waals surface area contributed by atoms with Gasteiger partial charge in [0, 0.05) is 5.02 Å². The van der Waals surface area contributed by atoms with E-state index in [-0.39, 0.29) is 12.6 Å². The lowest BCUT2D eigenvalue weighted by molar-refractivity contribution is -0.129. The molecule has 0 heterocycles. The first-order chi connectivity index (χ1) is 7.63. The van der Waals surface area contributed by atoms with Crippen molar-refractivity contribution < 1.29 is 9.53 Å². The van der Waals surface area contributed by atoms with Crippen LogP contribution in [0.1, 0.15) is 12.5 Å². The van der Waals surface area contributed by atoms with Crippen molar-refractivity contribution >= 4 is 23.8 Å². The van der Waals surface area contributed by atoms with E-state index in [1.54, 1.807) is 12.1 Å². The minimum atomic E-state index is -0.163. The average Bonchev–Trinajstić information content (AvgIpc) is 2.27. The molecule has 1 rings (SSSR count). The minimum Gasteiger partial charge on any atom is -0.466 e. The highest BCUT2D eigenvalue weighted by Gasteiger charge is 2.01. The number of carbonyl (C=O) groups is 1. The molecule has 5 heteroatoms. The lowest BCUT2D eigenvalue weighted by atomic mass is 10.2. The zero-order chi connectivity index (χ0) is 12.0. The third-order valence-corrected chi connectivity index (χ3v) is 2.17. The molecule has 0 aliphatic heterocycles. The molecule has 16 heavy (non-hydrogen) atoms. The molecule has 4 nitrogen and oxygen atoms in total. The molecule has 86 valence electrons. The molecule has 1 unspecified atom stereocenters. The molecule has 1 aromatic carbocycles. The number of hydrogen-bond acceptors (Lipinski definition) is 4. The van der Waals surface area contributed by atoms with Gasteiger partial charge in [-0.1, -0.05) is 17.7 Å². The summed E-state index contributed by atoms with van der Waals surface area (Å²) >= 11 is 5.84. The van der Waals surface area contributed by atoms with Crippen LogP contribution in [0.4, 0.5) is 5.69 Å². The number of rotatable bonds is 5. The average molecular weight is 241 g/mol. The molecule has 0 saturated carbocycles. The molecule has 0 amide bonds. The number of halogens is 1. The van der Waals surface area contributed by atoms with E-state index >= 15 is 0 Å². The van der Waals surface area contributed by atoms with Crippen molar-refractivity contribution in [3.8, 4) is 0 Å². The molecule has 0 spiro atoms. The van der Waals surface area contributed by atoms with Crippen molar-refractivity contribution in [1.29, 1.82) is 0 Å². The van der Waals surface area contributed by atoms with Gasteiger partial charge in [0.25, 0.3) is 6.47 Å². The summed E-state index contributed by atoms with van der Waals surface area (Å²) in [5.41, 5.74) is 1.72. The van der Waals surface area contributed by atoms with Crippen LogP contribution in [-0.4, -0.2) is 19.1 Å². The Hall–Kier alpha value is -1.42. The number of carbonyl (C=O) groups excluding carboxylic acids is 1. The maximum absolute atomic E-state index is 9.97. The van der Waals surface area contributed by atoms with Crippen molar-refractivity contribution in [2.75, 3.05) is 6.61 Å². The number of azo groups is 1. The van der Waals surface area contributed by atoms with E-state index in [9.17, 15) is 4.79 Å². The summed E-state index contributed by atoms with van der Waals surface area (Å²) in [6.45, 7) is 4.37. The summed E-state index contributed by atoms with van der Waals surface area (Å²) < 4.78 is 4.58. The number of benzene rings is 1. The van der Waals surface area contributed by atoms with Gasteiger partial charge in [0.1, 0.15) is 12.6 Å². The molecular formula is C11H13ClN2O2. The molecule has 1 atom stereocenters. The molecule has 0 aromatic heterocycles. The molecule has 0 aliphatic carbocycles. The molecule has 0 radical (unpaired) electrons. The number of nitrogens with zero attached hydrogens (tertiary/aromatic N) is 2. The Morgan fingerprint density at radius 1 is 1.56 bits per heavy atom. The maximum Gasteiger partial charge on any atom is 0.293 e. The summed E-state index contributed by atoms with van der Waals surface area (Å²) in [5.74, 6) is 0. The van der Waals surface area contributed by atoms with Gasteiger partial charge in [0.2, 0.25) is 0 Å². The number of hydrogen-bond donors (Lipinski definition) is 0. The predicted molar refractivity (Wildman–Crippen MR) is 62.2 cm³/mol. The largest absolute Gasteiger partial charge is 0.466 e. The van der Waals surface area contributed by atoms with E-state index in [1.807, 2.05) is 19.9 Å². The molecule has 0 aliphatic rings. The van der Waals surface area contributed by atoms with Crippen LogP contribution in [0, 0.1) is 6.92 Å². The van der Waals surface area contributed by atoms with Gasteiger partial charge in [0.05, 0.1) is 5.69 Å². The molecule has 1 aromatic rings. The Balaban J connectivity index is 2.67. The van der Waals surface area contributed by atoms with E-state index < -0.39 is 0 Å². The summed E-state index contributed by atoms with van der Waals surface area (Å²) in [6.07, 6.45) is 0. The van der Waals surface area contributed by atoms with Crippen LogP contribution in [0.5, 0.6) is 0 Å². The van der Waals surface area contributed by atoms with E-state index in [0.29, 0.717) is 11.5 Å². The van der Waals surface area contributed by atoms with Crippen molar-refractivity contribution in [2.45, 2.75) is 19.9 Å². The Morgan fingerprint density at radius 2 is 2.31 bits per heavy atom. The van der Waals surface area contributed by atoms with Crippen molar-refractivity contribution in [3.05, 3.63) is 28.8 Å². The second-order valence-corrected chi connectivity index (χ2v) is 3.86. The van der Waals surface area contributed by atoms with E-state index in [0.717, 1.165) is 11.3 Å². The minimum absolute atomic E-state index is 0.163. The van der Waals surface area contributed by atoms with Gasteiger partial charge >= 0.3 is 0 Å². The van der Waals surface area contributed by atoms with Crippen molar-refractivity contribution in [1.82, 2.24) is 0 Å². The second-order valence-electron chi connectivity index (χ2n) is 3.42. The van der Waals surface area contributed by atoms with Gasteiger partial charge in [0.15, 0.2) is 0 Å². The zero-order valence-electron chi connectivity index (χ0n) is 9.18. The highest BCUT2D eigenvalue weighted by Crippen LogP contribution is 2.23. The fraction of sp³-hybridized carbons (Fsp3) is 0.364. The van der Waals surface area contributed by atoms with Crippen molar-refractivity contribution in [3.63, 3.8) is 0 Å². The van der Waals surface area contributed by atoms with E-state index in [1.165, 1.54) is 0 Å². The summed E-state index contributed by atoms with van der Waals surface area (Å²) in [5, 5.41) is 8.70. The van der Waals surface area contributed by atoms with Gasteiger partial charge in [-0.3, -0.25) is 4.79 Å². The summed E-state index contributed by atoms with van der Waals surface area (Å²) in [6, 6.07) is 5.26. The molecular weight excluding hydrogens is 228 g/mol. The topological polar surface area (TPSA) is 51.0 Å². The highest BCUT2D eigenvalue weighted by molar-refractivity contribution is 6.30. The van der Waals surface area contributed by atoms with Crippen LogP contribution in [-0.2, 0) is 9.53 Å². The van der Waals surface area contributed by atoms with Gasteiger partial charge in [-0.25, -0.2) is 0 Å². The van der Waals surface area contributed by atoms with Gasteiger partial charge < -0.3 is 4.74 Å². The van der Waals surface area contributed by atoms with Crippen LogP contribution in [0.3, 0.4) is 0 Å². The lowest BCUT2D eigenvalue weighted by Gasteiger charge is -2.03. The normalized spacial score (nSPS) is 12.7. The first-order valence-corrected chi connectivity index (χ1v) is 5.23. The van der Waals surface area contributed by atoms with Gasteiger partial charge in [-0.2, -0.15) is 10.2 Å². The first kappa shape index (κ1) is 12.6.